The predicted molar refractivity (Wildman–Crippen MR) is 130 cm³/mol. The largest absolute Gasteiger partial charge is 0.468 e. The summed E-state index contributed by atoms with van der Waals surface area (Å²) in [6.45, 7) is 2.95. The molecule has 0 spiro atoms. The van der Waals surface area contributed by atoms with Crippen molar-refractivity contribution in [1.82, 2.24) is 20.0 Å². The van der Waals surface area contributed by atoms with Crippen LogP contribution >= 0.6 is 0 Å². The Labute approximate surface area is 204 Å². The Kier molecular flexibility index (Phi) is 9.14. The minimum atomic E-state index is -0.444. The van der Waals surface area contributed by atoms with Gasteiger partial charge in [-0.3, -0.25) is 24.0 Å². The first kappa shape index (κ1) is 25.6. The normalized spacial score (nSPS) is 10.7. The Balaban J connectivity index is 1.82. The zero-order chi connectivity index (χ0) is 25.2. The first-order chi connectivity index (χ1) is 16.9. The summed E-state index contributed by atoms with van der Waals surface area (Å²) in [7, 11) is 2.61. The fourth-order valence-electron chi connectivity index (χ4n) is 3.65. The van der Waals surface area contributed by atoms with E-state index in [1.54, 1.807) is 17.0 Å². The van der Waals surface area contributed by atoms with Gasteiger partial charge in [0.25, 0.3) is 5.91 Å². The molecule has 0 unspecified atom stereocenters. The summed E-state index contributed by atoms with van der Waals surface area (Å²) in [6, 6.07) is 18.8. The minimum Gasteiger partial charge on any atom is -0.468 e. The third kappa shape index (κ3) is 7.00. The van der Waals surface area contributed by atoms with Crippen molar-refractivity contribution in [2.24, 2.45) is 0 Å². The van der Waals surface area contributed by atoms with Gasteiger partial charge in [0.15, 0.2) is 0 Å². The number of carbonyl (C=O) groups excluding carboxylic acids is 3. The molecule has 9 heteroatoms. The van der Waals surface area contributed by atoms with Gasteiger partial charge in [0, 0.05) is 35.5 Å². The van der Waals surface area contributed by atoms with Crippen molar-refractivity contribution in [2.75, 3.05) is 33.9 Å². The highest BCUT2D eigenvalue weighted by Gasteiger charge is 2.20. The zero-order valence-corrected chi connectivity index (χ0v) is 20.2. The second-order valence-electron chi connectivity index (χ2n) is 7.91. The van der Waals surface area contributed by atoms with Gasteiger partial charge in [0.1, 0.15) is 0 Å². The number of hydrogen-bond donors (Lipinski definition) is 1. The molecule has 35 heavy (non-hydrogen) atoms. The van der Waals surface area contributed by atoms with Gasteiger partial charge in [-0.15, -0.1) is 0 Å². The first-order valence-corrected chi connectivity index (χ1v) is 11.2. The van der Waals surface area contributed by atoms with E-state index in [1.165, 1.54) is 14.2 Å². The number of amides is 1. The van der Waals surface area contributed by atoms with E-state index < -0.39 is 11.9 Å². The van der Waals surface area contributed by atoms with Crippen molar-refractivity contribution in [3.63, 3.8) is 0 Å². The van der Waals surface area contributed by atoms with Crippen LogP contribution in [0.3, 0.4) is 0 Å². The van der Waals surface area contributed by atoms with Crippen LogP contribution in [0.1, 0.15) is 21.6 Å². The molecule has 1 N–H and O–H groups in total. The van der Waals surface area contributed by atoms with Crippen molar-refractivity contribution >= 4 is 17.8 Å². The molecule has 0 aliphatic heterocycles. The van der Waals surface area contributed by atoms with Gasteiger partial charge >= 0.3 is 11.9 Å². The highest BCUT2D eigenvalue weighted by atomic mass is 16.5. The fraction of sp³-hybridized carbons (Fsp3) is 0.308. The molecule has 9 nitrogen and oxygen atoms in total. The lowest BCUT2D eigenvalue weighted by Crippen LogP contribution is -2.38. The summed E-state index contributed by atoms with van der Waals surface area (Å²) in [6.07, 6.45) is 0. The number of methoxy groups -OCH3 is 2. The van der Waals surface area contributed by atoms with Gasteiger partial charge in [0.2, 0.25) is 0 Å². The summed E-state index contributed by atoms with van der Waals surface area (Å²) >= 11 is 0. The van der Waals surface area contributed by atoms with E-state index in [-0.39, 0.29) is 19.0 Å². The molecule has 0 aliphatic carbocycles. The number of nitrogens with one attached hydrogen (secondary N) is 1. The molecular weight excluding hydrogens is 448 g/mol. The van der Waals surface area contributed by atoms with E-state index in [4.69, 9.17) is 14.6 Å². The maximum Gasteiger partial charge on any atom is 0.319 e. The van der Waals surface area contributed by atoms with E-state index in [0.717, 1.165) is 22.5 Å². The van der Waals surface area contributed by atoms with E-state index in [2.05, 4.69) is 5.32 Å². The fourth-order valence-corrected chi connectivity index (χ4v) is 3.65. The molecular formula is C26H30N4O5. The molecule has 1 aromatic heterocycles. The van der Waals surface area contributed by atoms with Gasteiger partial charge in [-0.2, -0.15) is 5.10 Å². The van der Waals surface area contributed by atoms with Crippen LogP contribution in [0.4, 0.5) is 0 Å². The van der Waals surface area contributed by atoms with Crippen molar-refractivity contribution in [2.45, 2.75) is 20.0 Å². The van der Waals surface area contributed by atoms with Crippen molar-refractivity contribution in [3.05, 3.63) is 77.5 Å². The van der Waals surface area contributed by atoms with Crippen LogP contribution < -0.4 is 5.32 Å². The molecule has 0 saturated heterocycles. The lowest BCUT2D eigenvalue weighted by atomic mass is 10.1. The quantitative estimate of drug-likeness (QED) is 0.422. The van der Waals surface area contributed by atoms with Gasteiger partial charge in [0.05, 0.1) is 39.5 Å². The summed E-state index contributed by atoms with van der Waals surface area (Å²) in [5, 5.41) is 7.79. The third-order valence-electron chi connectivity index (χ3n) is 5.63. The number of carbonyl (C=O) groups is 3. The predicted octanol–water partition coefficient (Wildman–Crippen LogP) is 2.44. The smallest absolute Gasteiger partial charge is 0.319 e. The molecule has 1 amide bonds. The SMILES string of the molecule is COC(=O)CN(CCn1nc(-c2ccccc2)c(CNC(=O)c2ccccc2)c1C)CC(=O)OC. The number of esters is 2. The van der Waals surface area contributed by atoms with Gasteiger partial charge in [-0.25, -0.2) is 0 Å². The average molecular weight is 479 g/mol. The molecule has 3 aromatic rings. The van der Waals surface area contributed by atoms with Gasteiger partial charge in [-0.1, -0.05) is 48.5 Å². The molecule has 0 radical (unpaired) electrons. The van der Waals surface area contributed by atoms with E-state index in [1.807, 2.05) is 60.1 Å². The van der Waals surface area contributed by atoms with Crippen LogP contribution in [0.25, 0.3) is 11.3 Å². The number of benzene rings is 2. The second-order valence-corrected chi connectivity index (χ2v) is 7.91. The van der Waals surface area contributed by atoms with Crippen LogP contribution in [0.15, 0.2) is 60.7 Å². The molecule has 2 aromatic carbocycles. The standard InChI is InChI=1S/C26H30N4O5/c1-19-22(16-27-26(33)21-12-8-5-9-13-21)25(20-10-6-4-7-11-20)28-30(19)15-14-29(17-23(31)34-2)18-24(32)35-3/h4-13H,14-18H2,1-3H3,(H,27,33). The Hall–Kier alpha value is -3.98. The van der Waals surface area contributed by atoms with E-state index in [0.29, 0.717) is 25.2 Å². The number of rotatable bonds is 11. The third-order valence-corrected chi connectivity index (χ3v) is 5.63. The van der Waals surface area contributed by atoms with Crippen LogP contribution in [-0.4, -0.2) is 66.4 Å². The number of hydrogen-bond acceptors (Lipinski definition) is 7. The van der Waals surface area contributed by atoms with Crippen molar-refractivity contribution in [1.29, 1.82) is 0 Å². The van der Waals surface area contributed by atoms with E-state index in [9.17, 15) is 14.4 Å². The first-order valence-electron chi connectivity index (χ1n) is 11.2. The summed E-state index contributed by atoms with van der Waals surface area (Å²) in [5.74, 6) is -1.06. The Morgan fingerprint density at radius 1 is 0.914 bits per heavy atom. The zero-order valence-electron chi connectivity index (χ0n) is 20.2. The lowest BCUT2D eigenvalue weighted by molar-refractivity contribution is -0.145. The molecule has 0 fully saturated rings. The minimum absolute atomic E-state index is 0.0442. The highest BCUT2D eigenvalue weighted by Crippen LogP contribution is 2.25. The molecule has 0 bridgehead atoms. The lowest BCUT2D eigenvalue weighted by Gasteiger charge is -2.20. The van der Waals surface area contributed by atoms with Crippen molar-refractivity contribution in [3.8, 4) is 11.3 Å². The number of aromatic nitrogens is 2. The van der Waals surface area contributed by atoms with Crippen LogP contribution in [0.2, 0.25) is 0 Å². The molecule has 3 rings (SSSR count). The van der Waals surface area contributed by atoms with Gasteiger partial charge < -0.3 is 14.8 Å². The van der Waals surface area contributed by atoms with Crippen molar-refractivity contribution < 1.29 is 23.9 Å². The summed E-state index contributed by atoms with van der Waals surface area (Å²) in [5.41, 5.74) is 4.06. The second kappa shape index (κ2) is 12.5. The summed E-state index contributed by atoms with van der Waals surface area (Å²) < 4.78 is 11.3. The number of nitrogens with zero attached hydrogens (tertiary/aromatic N) is 3. The van der Waals surface area contributed by atoms with Gasteiger partial charge in [-0.05, 0) is 19.1 Å². The summed E-state index contributed by atoms with van der Waals surface area (Å²) in [4.78, 5) is 37.9. The van der Waals surface area contributed by atoms with Crippen LogP contribution in [0.5, 0.6) is 0 Å². The van der Waals surface area contributed by atoms with E-state index >= 15 is 0 Å². The maximum atomic E-state index is 12.6. The highest BCUT2D eigenvalue weighted by molar-refractivity contribution is 5.94. The van der Waals surface area contributed by atoms with Crippen LogP contribution in [-0.2, 0) is 32.2 Å². The topological polar surface area (TPSA) is 103 Å². The monoisotopic (exact) mass is 478 g/mol. The molecule has 0 saturated carbocycles. The Bertz CT molecular complexity index is 1130. The Morgan fingerprint density at radius 2 is 1.49 bits per heavy atom. The molecule has 184 valence electrons. The maximum absolute atomic E-state index is 12.6. The molecule has 0 atom stereocenters. The van der Waals surface area contributed by atoms with Crippen LogP contribution in [0, 0.1) is 6.92 Å². The average Bonchev–Trinajstić information content (AvgIpc) is 3.21. The number of ether oxygens (including phenoxy) is 2. The Morgan fingerprint density at radius 3 is 2.06 bits per heavy atom. The molecule has 0 aliphatic rings. The molecule has 1 heterocycles.